The van der Waals surface area contributed by atoms with Crippen LogP contribution in [0.1, 0.15) is 19.3 Å². The van der Waals surface area contributed by atoms with Crippen molar-refractivity contribution in [2.24, 2.45) is 11.8 Å². The van der Waals surface area contributed by atoms with Crippen LogP contribution in [0.4, 0.5) is 5.95 Å². The minimum absolute atomic E-state index is 0.259. The van der Waals surface area contributed by atoms with Crippen LogP contribution in [0.25, 0.3) is 0 Å². The molecule has 6 nitrogen and oxygen atoms in total. The molecule has 6 heteroatoms. The van der Waals surface area contributed by atoms with Gasteiger partial charge < -0.3 is 19.9 Å². The van der Waals surface area contributed by atoms with Gasteiger partial charge in [0.15, 0.2) is 0 Å². The summed E-state index contributed by atoms with van der Waals surface area (Å²) in [6.07, 6.45) is 3.42. The fourth-order valence-electron chi connectivity index (χ4n) is 2.54. The molecule has 1 aliphatic rings. The molecule has 0 radical (unpaired) electrons. The van der Waals surface area contributed by atoms with Gasteiger partial charge in [-0.1, -0.05) is 6.42 Å². The summed E-state index contributed by atoms with van der Waals surface area (Å²) in [6.45, 7) is 1.02. The molecule has 0 bridgehead atoms. The maximum Gasteiger partial charge on any atom is 0.229 e. The van der Waals surface area contributed by atoms with Crippen LogP contribution in [0.15, 0.2) is 6.07 Å². The lowest BCUT2D eigenvalue weighted by atomic mass is 9.97. The maximum atomic E-state index is 9.30. The molecule has 0 aliphatic heterocycles. The number of methoxy groups -OCH3 is 2. The molecule has 0 saturated heterocycles. The fraction of sp³-hybridized carbons (Fsp3) is 0.692. The Labute approximate surface area is 113 Å². The molecule has 1 aromatic heterocycles. The molecule has 0 amide bonds. The van der Waals surface area contributed by atoms with Crippen LogP contribution in [0.2, 0.25) is 0 Å². The van der Waals surface area contributed by atoms with Crippen molar-refractivity contribution in [2.45, 2.75) is 19.3 Å². The number of hydrogen-bond acceptors (Lipinski definition) is 6. The number of nitrogens with zero attached hydrogens (tertiary/aromatic N) is 2. The molecule has 1 saturated carbocycles. The summed E-state index contributed by atoms with van der Waals surface area (Å²) in [5.74, 6) is 2.31. The molecule has 2 rings (SSSR count). The number of ether oxygens (including phenoxy) is 2. The van der Waals surface area contributed by atoms with Gasteiger partial charge in [-0.05, 0) is 24.7 Å². The number of hydrogen-bond donors (Lipinski definition) is 2. The Kier molecular flexibility index (Phi) is 4.79. The Bertz CT molecular complexity index is 392. The van der Waals surface area contributed by atoms with Crippen LogP contribution >= 0.6 is 0 Å². The molecular weight excluding hydrogens is 246 g/mol. The lowest BCUT2D eigenvalue weighted by molar-refractivity contribution is 0.198. The van der Waals surface area contributed by atoms with Gasteiger partial charge in [0.1, 0.15) is 0 Å². The molecule has 106 valence electrons. The van der Waals surface area contributed by atoms with Gasteiger partial charge in [-0.3, -0.25) is 0 Å². The minimum atomic E-state index is 0.259. The molecular formula is C13H21N3O3. The van der Waals surface area contributed by atoms with E-state index in [9.17, 15) is 5.11 Å². The van der Waals surface area contributed by atoms with Crippen LogP contribution in [-0.4, -0.2) is 42.4 Å². The second-order valence-corrected chi connectivity index (χ2v) is 4.79. The third-order valence-corrected chi connectivity index (χ3v) is 3.67. The molecule has 2 unspecified atom stereocenters. The number of nitrogens with one attached hydrogen (secondary N) is 1. The van der Waals surface area contributed by atoms with Crippen LogP contribution in [0.3, 0.4) is 0 Å². The summed E-state index contributed by atoms with van der Waals surface area (Å²) < 4.78 is 10.2. The summed E-state index contributed by atoms with van der Waals surface area (Å²) >= 11 is 0. The van der Waals surface area contributed by atoms with Crippen molar-refractivity contribution in [3.63, 3.8) is 0 Å². The van der Waals surface area contributed by atoms with Gasteiger partial charge in [-0.25, -0.2) is 0 Å². The van der Waals surface area contributed by atoms with Crippen LogP contribution in [0, 0.1) is 11.8 Å². The molecule has 19 heavy (non-hydrogen) atoms. The summed E-state index contributed by atoms with van der Waals surface area (Å²) in [7, 11) is 3.12. The van der Waals surface area contributed by atoms with E-state index in [0.29, 0.717) is 29.5 Å². The standard InChI is InChI=1S/C13H21N3O3/c1-18-11-6-12(19-2)16-13(15-11)14-7-9-4-3-5-10(9)8-17/h6,9-10,17H,3-5,7-8H2,1-2H3,(H,14,15,16). The highest BCUT2D eigenvalue weighted by atomic mass is 16.5. The van der Waals surface area contributed by atoms with E-state index in [2.05, 4.69) is 15.3 Å². The van der Waals surface area contributed by atoms with Gasteiger partial charge in [-0.2, -0.15) is 9.97 Å². The summed E-state index contributed by atoms with van der Waals surface area (Å²) in [5, 5.41) is 12.5. The van der Waals surface area contributed by atoms with E-state index in [4.69, 9.17) is 9.47 Å². The van der Waals surface area contributed by atoms with Crippen molar-refractivity contribution < 1.29 is 14.6 Å². The predicted molar refractivity (Wildman–Crippen MR) is 71.5 cm³/mol. The topological polar surface area (TPSA) is 76.5 Å². The van der Waals surface area contributed by atoms with Crippen molar-refractivity contribution in [2.75, 3.05) is 32.7 Å². The fourth-order valence-corrected chi connectivity index (χ4v) is 2.54. The lowest BCUT2D eigenvalue weighted by Crippen LogP contribution is -2.21. The Hall–Kier alpha value is -1.56. The molecule has 0 spiro atoms. The Balaban J connectivity index is 1.98. The van der Waals surface area contributed by atoms with E-state index in [0.717, 1.165) is 19.4 Å². The van der Waals surface area contributed by atoms with Gasteiger partial charge >= 0.3 is 0 Å². The highest BCUT2D eigenvalue weighted by Gasteiger charge is 2.26. The second kappa shape index (κ2) is 6.56. The van der Waals surface area contributed by atoms with Crippen molar-refractivity contribution in [1.29, 1.82) is 0 Å². The van der Waals surface area contributed by atoms with Crippen molar-refractivity contribution >= 4 is 5.95 Å². The highest BCUT2D eigenvalue weighted by molar-refractivity contribution is 5.33. The second-order valence-electron chi connectivity index (χ2n) is 4.79. The maximum absolute atomic E-state index is 9.30. The zero-order valence-electron chi connectivity index (χ0n) is 11.4. The molecule has 2 atom stereocenters. The van der Waals surface area contributed by atoms with Gasteiger partial charge in [0.05, 0.1) is 20.3 Å². The SMILES string of the molecule is COc1cc(OC)nc(NCC2CCCC2CO)n1. The van der Waals surface area contributed by atoms with E-state index in [1.54, 1.807) is 20.3 Å². The third kappa shape index (κ3) is 3.47. The highest BCUT2D eigenvalue weighted by Crippen LogP contribution is 2.31. The average molecular weight is 267 g/mol. The Morgan fingerprint density at radius 3 is 2.42 bits per heavy atom. The molecule has 1 fully saturated rings. The first kappa shape index (κ1) is 13.9. The van der Waals surface area contributed by atoms with Crippen molar-refractivity contribution in [1.82, 2.24) is 9.97 Å². The van der Waals surface area contributed by atoms with Crippen LogP contribution in [0.5, 0.6) is 11.8 Å². The van der Waals surface area contributed by atoms with Gasteiger partial charge in [0.2, 0.25) is 17.7 Å². The first-order valence-corrected chi connectivity index (χ1v) is 6.58. The first-order valence-electron chi connectivity index (χ1n) is 6.58. The van der Waals surface area contributed by atoms with Crippen LogP contribution < -0.4 is 14.8 Å². The Morgan fingerprint density at radius 1 is 1.21 bits per heavy atom. The average Bonchev–Trinajstić information content (AvgIpc) is 2.92. The number of aliphatic hydroxyl groups excluding tert-OH is 1. The van der Waals surface area contributed by atoms with E-state index in [1.807, 2.05) is 0 Å². The van der Waals surface area contributed by atoms with E-state index >= 15 is 0 Å². The molecule has 2 N–H and O–H groups in total. The first-order chi connectivity index (χ1) is 9.26. The van der Waals surface area contributed by atoms with Crippen molar-refractivity contribution in [3.05, 3.63) is 6.07 Å². The monoisotopic (exact) mass is 267 g/mol. The molecule has 0 aromatic carbocycles. The zero-order valence-corrected chi connectivity index (χ0v) is 11.4. The normalized spacial score (nSPS) is 22.3. The largest absolute Gasteiger partial charge is 0.481 e. The predicted octanol–water partition coefficient (Wildman–Crippen LogP) is 1.31. The zero-order chi connectivity index (χ0) is 13.7. The molecule has 1 aliphatic carbocycles. The minimum Gasteiger partial charge on any atom is -0.481 e. The number of aromatic nitrogens is 2. The van der Waals surface area contributed by atoms with Crippen LogP contribution in [-0.2, 0) is 0 Å². The lowest BCUT2D eigenvalue weighted by Gasteiger charge is -2.18. The molecule has 1 heterocycles. The number of aliphatic hydroxyl groups is 1. The van der Waals surface area contributed by atoms with E-state index in [-0.39, 0.29) is 6.61 Å². The molecule has 1 aromatic rings. The number of rotatable bonds is 6. The summed E-state index contributed by atoms with van der Waals surface area (Å²) in [6, 6.07) is 1.64. The van der Waals surface area contributed by atoms with Gasteiger partial charge in [0.25, 0.3) is 0 Å². The number of anilines is 1. The summed E-state index contributed by atoms with van der Waals surface area (Å²) in [4.78, 5) is 8.45. The van der Waals surface area contributed by atoms with Gasteiger partial charge in [-0.15, -0.1) is 0 Å². The summed E-state index contributed by atoms with van der Waals surface area (Å²) in [5.41, 5.74) is 0. The van der Waals surface area contributed by atoms with Crippen molar-refractivity contribution in [3.8, 4) is 11.8 Å². The Morgan fingerprint density at radius 2 is 1.84 bits per heavy atom. The smallest absolute Gasteiger partial charge is 0.229 e. The van der Waals surface area contributed by atoms with Gasteiger partial charge in [0, 0.05) is 13.2 Å². The quantitative estimate of drug-likeness (QED) is 0.809. The third-order valence-electron chi connectivity index (χ3n) is 3.67. The van der Waals surface area contributed by atoms with E-state index < -0.39 is 0 Å². The van der Waals surface area contributed by atoms with E-state index in [1.165, 1.54) is 6.42 Å².